The van der Waals surface area contributed by atoms with E-state index in [0.717, 1.165) is 11.1 Å². The van der Waals surface area contributed by atoms with Crippen molar-refractivity contribution in [2.24, 2.45) is 0 Å². The Morgan fingerprint density at radius 1 is 0.966 bits per heavy atom. The maximum absolute atomic E-state index is 13.1. The molecular formula is C25H34N2O2. The molecule has 1 unspecified atom stereocenters. The Labute approximate surface area is 175 Å². The lowest BCUT2D eigenvalue weighted by atomic mass is 10.00. The topological polar surface area (TPSA) is 49.4 Å². The Bertz CT molecular complexity index is 795. The van der Waals surface area contributed by atoms with Gasteiger partial charge in [0, 0.05) is 20.0 Å². The number of nitrogens with zero attached hydrogens (tertiary/aromatic N) is 1. The van der Waals surface area contributed by atoms with E-state index in [0.29, 0.717) is 31.7 Å². The predicted octanol–water partition coefficient (Wildman–Crippen LogP) is 4.60. The van der Waals surface area contributed by atoms with Gasteiger partial charge in [-0.05, 0) is 42.4 Å². The summed E-state index contributed by atoms with van der Waals surface area (Å²) in [6.07, 6.45) is 1.65. The minimum absolute atomic E-state index is 0.00830. The fourth-order valence-electron chi connectivity index (χ4n) is 3.44. The number of amides is 2. The zero-order valence-electron chi connectivity index (χ0n) is 18.4. The van der Waals surface area contributed by atoms with Gasteiger partial charge in [-0.1, -0.05) is 74.9 Å². The van der Waals surface area contributed by atoms with Gasteiger partial charge in [0.05, 0.1) is 0 Å². The number of carbonyl (C=O) groups is 2. The minimum atomic E-state index is -0.461. The maximum atomic E-state index is 13.1. The number of hydrogen-bond acceptors (Lipinski definition) is 2. The van der Waals surface area contributed by atoms with Gasteiger partial charge in [-0.2, -0.15) is 0 Å². The molecule has 0 aromatic heterocycles. The maximum Gasteiger partial charge on any atom is 0.242 e. The van der Waals surface area contributed by atoms with E-state index in [1.165, 1.54) is 11.1 Å². The Balaban J connectivity index is 2.14. The van der Waals surface area contributed by atoms with Crippen LogP contribution in [0, 0.1) is 6.92 Å². The molecule has 0 saturated heterocycles. The highest BCUT2D eigenvalue weighted by Gasteiger charge is 2.27. The molecule has 1 N–H and O–H groups in total. The molecule has 2 aromatic carbocycles. The Morgan fingerprint density at radius 3 is 2.07 bits per heavy atom. The summed E-state index contributed by atoms with van der Waals surface area (Å²) in [6, 6.07) is 16.1. The molecule has 0 spiro atoms. The van der Waals surface area contributed by atoms with Crippen molar-refractivity contribution in [1.29, 1.82) is 0 Å². The third-order valence-corrected chi connectivity index (χ3v) is 5.38. The van der Waals surface area contributed by atoms with Crippen LogP contribution >= 0.6 is 0 Å². The summed E-state index contributed by atoms with van der Waals surface area (Å²) in [7, 11) is 1.62. The van der Waals surface area contributed by atoms with Gasteiger partial charge in [-0.3, -0.25) is 9.59 Å². The Hall–Kier alpha value is -2.62. The molecule has 4 nitrogen and oxygen atoms in total. The first-order valence-electron chi connectivity index (χ1n) is 10.5. The van der Waals surface area contributed by atoms with Gasteiger partial charge in [0.2, 0.25) is 11.8 Å². The summed E-state index contributed by atoms with van der Waals surface area (Å²) in [6.45, 7) is 8.77. The second-order valence-corrected chi connectivity index (χ2v) is 7.94. The van der Waals surface area contributed by atoms with Crippen LogP contribution in [0.4, 0.5) is 0 Å². The number of carbonyl (C=O) groups excluding carboxylic acids is 2. The van der Waals surface area contributed by atoms with Gasteiger partial charge in [0.15, 0.2) is 0 Å². The summed E-state index contributed by atoms with van der Waals surface area (Å²) in [4.78, 5) is 27.3. The number of benzene rings is 2. The number of nitrogens with one attached hydrogen (secondary N) is 1. The highest BCUT2D eigenvalue weighted by atomic mass is 16.2. The lowest BCUT2D eigenvalue weighted by Crippen LogP contribution is -2.48. The summed E-state index contributed by atoms with van der Waals surface area (Å²) < 4.78 is 0. The van der Waals surface area contributed by atoms with Crippen LogP contribution in [0.15, 0.2) is 48.5 Å². The van der Waals surface area contributed by atoms with Crippen molar-refractivity contribution in [1.82, 2.24) is 10.2 Å². The van der Waals surface area contributed by atoms with Gasteiger partial charge >= 0.3 is 0 Å². The average Bonchev–Trinajstić information content (AvgIpc) is 2.73. The fourth-order valence-corrected chi connectivity index (χ4v) is 3.44. The minimum Gasteiger partial charge on any atom is -0.357 e. The van der Waals surface area contributed by atoms with Crippen molar-refractivity contribution in [2.75, 3.05) is 7.05 Å². The van der Waals surface area contributed by atoms with Crippen molar-refractivity contribution >= 4 is 11.8 Å². The molecule has 29 heavy (non-hydrogen) atoms. The van der Waals surface area contributed by atoms with Crippen LogP contribution in [0.2, 0.25) is 0 Å². The first-order valence-corrected chi connectivity index (χ1v) is 10.5. The molecule has 0 heterocycles. The quantitative estimate of drug-likeness (QED) is 0.675. The van der Waals surface area contributed by atoms with E-state index in [1.807, 2.05) is 38.1 Å². The smallest absolute Gasteiger partial charge is 0.242 e. The number of likely N-dealkylation sites (N-methyl/N-ethyl adjacent to an activating group) is 1. The SMILES string of the molecule is CCC(C(=O)NC)N(Cc1ccc(C)cc1)C(=O)CCc1ccc(C(C)C)cc1. The van der Waals surface area contributed by atoms with E-state index in [9.17, 15) is 9.59 Å². The van der Waals surface area contributed by atoms with Crippen LogP contribution in [0.3, 0.4) is 0 Å². The van der Waals surface area contributed by atoms with Gasteiger partial charge in [-0.25, -0.2) is 0 Å². The molecule has 0 aliphatic carbocycles. The van der Waals surface area contributed by atoms with Crippen LogP contribution in [-0.2, 0) is 22.6 Å². The lowest BCUT2D eigenvalue weighted by molar-refractivity contribution is -0.141. The van der Waals surface area contributed by atoms with E-state index < -0.39 is 6.04 Å². The summed E-state index contributed by atoms with van der Waals surface area (Å²) in [5, 5.41) is 2.70. The molecule has 0 fully saturated rings. The monoisotopic (exact) mass is 394 g/mol. The average molecular weight is 395 g/mol. The van der Waals surface area contributed by atoms with E-state index in [1.54, 1.807) is 11.9 Å². The molecule has 2 aromatic rings. The summed E-state index contributed by atoms with van der Waals surface area (Å²) in [5.74, 6) is 0.386. The third kappa shape index (κ3) is 6.45. The van der Waals surface area contributed by atoms with Crippen molar-refractivity contribution in [2.45, 2.75) is 65.5 Å². The van der Waals surface area contributed by atoms with Crippen molar-refractivity contribution in [3.63, 3.8) is 0 Å². The zero-order chi connectivity index (χ0) is 21.4. The van der Waals surface area contributed by atoms with Crippen molar-refractivity contribution < 1.29 is 9.59 Å². The second kappa shape index (κ2) is 10.8. The van der Waals surface area contributed by atoms with Crippen LogP contribution in [-0.4, -0.2) is 29.8 Å². The molecule has 0 bridgehead atoms. The number of rotatable bonds is 9. The fraction of sp³-hybridized carbons (Fsp3) is 0.440. The molecule has 4 heteroatoms. The molecule has 0 aliphatic rings. The van der Waals surface area contributed by atoms with Gasteiger partial charge in [-0.15, -0.1) is 0 Å². The van der Waals surface area contributed by atoms with Crippen molar-refractivity contribution in [3.05, 3.63) is 70.8 Å². The molecule has 2 amide bonds. The van der Waals surface area contributed by atoms with Crippen LogP contribution in [0.1, 0.15) is 61.8 Å². The molecule has 0 saturated carbocycles. The van der Waals surface area contributed by atoms with Crippen LogP contribution < -0.4 is 5.32 Å². The van der Waals surface area contributed by atoms with Gasteiger partial charge in [0.1, 0.15) is 6.04 Å². The lowest BCUT2D eigenvalue weighted by Gasteiger charge is -2.30. The number of aryl methyl sites for hydroxylation is 2. The second-order valence-electron chi connectivity index (χ2n) is 7.94. The van der Waals surface area contributed by atoms with Gasteiger partial charge < -0.3 is 10.2 Å². The Kier molecular flexibility index (Phi) is 8.44. The van der Waals surface area contributed by atoms with Crippen molar-refractivity contribution in [3.8, 4) is 0 Å². The molecule has 2 rings (SSSR count). The zero-order valence-corrected chi connectivity index (χ0v) is 18.4. The van der Waals surface area contributed by atoms with E-state index in [2.05, 4.69) is 43.4 Å². The predicted molar refractivity (Wildman–Crippen MR) is 119 cm³/mol. The first kappa shape index (κ1) is 22.7. The molecule has 156 valence electrons. The standard InChI is InChI=1S/C25H34N2O2/c1-6-23(25(29)26-5)27(17-21-9-7-19(4)8-10-21)24(28)16-13-20-11-14-22(15-12-20)18(2)3/h7-12,14-15,18,23H,6,13,16-17H2,1-5H3,(H,26,29). The third-order valence-electron chi connectivity index (χ3n) is 5.38. The van der Waals surface area contributed by atoms with E-state index in [-0.39, 0.29) is 11.8 Å². The number of hydrogen-bond donors (Lipinski definition) is 1. The highest BCUT2D eigenvalue weighted by molar-refractivity contribution is 5.87. The van der Waals surface area contributed by atoms with Crippen LogP contribution in [0.25, 0.3) is 0 Å². The normalized spacial score (nSPS) is 11.9. The summed E-state index contributed by atoms with van der Waals surface area (Å²) >= 11 is 0. The molecular weight excluding hydrogens is 360 g/mol. The molecule has 1 atom stereocenters. The van der Waals surface area contributed by atoms with E-state index in [4.69, 9.17) is 0 Å². The van der Waals surface area contributed by atoms with Crippen LogP contribution in [0.5, 0.6) is 0 Å². The molecule has 0 aliphatic heterocycles. The van der Waals surface area contributed by atoms with Gasteiger partial charge in [0.25, 0.3) is 0 Å². The van der Waals surface area contributed by atoms with E-state index >= 15 is 0 Å². The molecule has 0 radical (unpaired) electrons. The largest absolute Gasteiger partial charge is 0.357 e. The first-order chi connectivity index (χ1) is 13.8. The highest BCUT2D eigenvalue weighted by Crippen LogP contribution is 2.18. The summed E-state index contributed by atoms with van der Waals surface area (Å²) in [5.41, 5.74) is 4.65. The Morgan fingerprint density at radius 2 is 1.55 bits per heavy atom.